The molecule has 1 aromatic heterocycles. The number of pyridine rings is 1. The molecule has 1 aromatic rings. The van der Waals surface area contributed by atoms with Crippen molar-refractivity contribution in [3.05, 3.63) is 29.5 Å². The van der Waals surface area contributed by atoms with Gasteiger partial charge in [0.15, 0.2) is 0 Å². The van der Waals surface area contributed by atoms with Crippen molar-refractivity contribution in [3.8, 4) is 0 Å². The minimum absolute atomic E-state index is 0.389. The highest BCUT2D eigenvalue weighted by atomic mass is 16.5. The average Bonchev–Trinajstić information content (AvgIpc) is 2.31. The quantitative estimate of drug-likeness (QED) is 0.731. The Balaban J connectivity index is 2.94. The molecule has 0 aliphatic heterocycles. The first kappa shape index (κ1) is 12.2. The van der Waals surface area contributed by atoms with Gasteiger partial charge in [-0.2, -0.15) is 0 Å². The van der Waals surface area contributed by atoms with E-state index in [1.165, 1.54) is 13.3 Å². The Morgan fingerprint density at radius 2 is 2.44 bits per heavy atom. The van der Waals surface area contributed by atoms with Crippen LogP contribution in [0, 0.1) is 0 Å². The third-order valence-electron chi connectivity index (χ3n) is 1.99. The summed E-state index contributed by atoms with van der Waals surface area (Å²) in [5.74, 6) is -0.0317. The summed E-state index contributed by atoms with van der Waals surface area (Å²) in [4.78, 5) is 15.2. The fourth-order valence-corrected chi connectivity index (χ4v) is 1.16. The van der Waals surface area contributed by atoms with Crippen LogP contribution in [0.5, 0.6) is 0 Å². The number of methoxy groups -OCH3 is 1. The van der Waals surface area contributed by atoms with E-state index in [1.54, 1.807) is 6.07 Å². The minimum Gasteiger partial charge on any atom is -0.465 e. The number of nitrogens with two attached hydrogens (primary N) is 1. The van der Waals surface area contributed by atoms with Gasteiger partial charge in [-0.15, -0.1) is 0 Å². The molecule has 0 unspecified atom stereocenters. The number of rotatable bonds is 4. The van der Waals surface area contributed by atoms with Crippen LogP contribution in [0.4, 0.5) is 5.82 Å². The Hall–Kier alpha value is -1.88. The Kier molecular flexibility index (Phi) is 4.47. The van der Waals surface area contributed by atoms with E-state index in [-0.39, 0.29) is 0 Å². The lowest BCUT2D eigenvalue weighted by Crippen LogP contribution is -2.05. The van der Waals surface area contributed by atoms with Crippen molar-refractivity contribution in [1.29, 1.82) is 0 Å². The predicted octanol–water partition coefficient (Wildman–Crippen LogP) is 0.683. The second-order valence-corrected chi connectivity index (χ2v) is 3.15. The molecule has 0 bridgehead atoms. The highest BCUT2D eigenvalue weighted by Crippen LogP contribution is 2.13. The largest absolute Gasteiger partial charge is 0.465 e. The lowest BCUT2D eigenvalue weighted by Gasteiger charge is -2.03. The van der Waals surface area contributed by atoms with Crippen LogP contribution >= 0.6 is 0 Å². The zero-order chi connectivity index (χ0) is 12.0. The number of carbonyl (C=O) groups is 1. The summed E-state index contributed by atoms with van der Waals surface area (Å²) in [6.07, 6.45) is 5.11. The molecule has 0 atom stereocenters. The molecule has 16 heavy (non-hydrogen) atoms. The van der Waals surface area contributed by atoms with Gasteiger partial charge < -0.3 is 15.8 Å². The van der Waals surface area contributed by atoms with E-state index in [0.29, 0.717) is 16.9 Å². The number of hydrogen-bond donors (Lipinski definition) is 2. The summed E-state index contributed by atoms with van der Waals surface area (Å²) in [6, 6.07) is 1.65. The summed E-state index contributed by atoms with van der Waals surface area (Å²) in [6.45, 7) is 0.724. The van der Waals surface area contributed by atoms with Crippen LogP contribution in [0.25, 0.3) is 6.08 Å². The second kappa shape index (κ2) is 5.87. The van der Waals surface area contributed by atoms with E-state index < -0.39 is 5.97 Å². The number of aromatic nitrogens is 1. The Morgan fingerprint density at radius 1 is 1.69 bits per heavy atom. The van der Waals surface area contributed by atoms with Crippen molar-refractivity contribution in [2.24, 2.45) is 0 Å². The third kappa shape index (κ3) is 3.06. The lowest BCUT2D eigenvalue weighted by molar-refractivity contribution is 0.0600. The third-order valence-corrected chi connectivity index (χ3v) is 1.99. The highest BCUT2D eigenvalue weighted by molar-refractivity contribution is 5.90. The van der Waals surface area contributed by atoms with Crippen LogP contribution in [-0.4, -0.2) is 31.7 Å². The van der Waals surface area contributed by atoms with E-state index in [2.05, 4.69) is 15.0 Å². The van der Waals surface area contributed by atoms with Gasteiger partial charge in [0.2, 0.25) is 0 Å². The summed E-state index contributed by atoms with van der Waals surface area (Å²) in [7, 11) is 3.17. The average molecular weight is 221 g/mol. The maximum Gasteiger partial charge on any atom is 0.339 e. The van der Waals surface area contributed by atoms with Gasteiger partial charge in [0.05, 0.1) is 12.7 Å². The van der Waals surface area contributed by atoms with Crippen LogP contribution in [-0.2, 0) is 4.74 Å². The van der Waals surface area contributed by atoms with Crippen molar-refractivity contribution in [2.45, 2.75) is 0 Å². The van der Waals surface area contributed by atoms with Crippen LogP contribution in [0.2, 0.25) is 0 Å². The molecule has 0 radical (unpaired) electrons. The van der Waals surface area contributed by atoms with Crippen molar-refractivity contribution < 1.29 is 9.53 Å². The number of anilines is 1. The molecule has 0 saturated carbocycles. The molecule has 0 aliphatic rings. The van der Waals surface area contributed by atoms with Gasteiger partial charge in [0.1, 0.15) is 5.82 Å². The van der Waals surface area contributed by atoms with E-state index in [4.69, 9.17) is 5.73 Å². The van der Waals surface area contributed by atoms with Crippen LogP contribution in [0.3, 0.4) is 0 Å². The summed E-state index contributed by atoms with van der Waals surface area (Å²) in [5, 5.41) is 2.97. The van der Waals surface area contributed by atoms with E-state index in [0.717, 1.165) is 6.54 Å². The van der Waals surface area contributed by atoms with Crippen molar-refractivity contribution in [1.82, 2.24) is 10.3 Å². The maximum absolute atomic E-state index is 11.3. The van der Waals surface area contributed by atoms with E-state index >= 15 is 0 Å². The van der Waals surface area contributed by atoms with E-state index in [1.807, 2.05) is 19.2 Å². The van der Waals surface area contributed by atoms with E-state index in [9.17, 15) is 4.79 Å². The van der Waals surface area contributed by atoms with Crippen molar-refractivity contribution in [2.75, 3.05) is 26.4 Å². The molecule has 0 saturated heterocycles. The Bertz CT molecular complexity index is 402. The molecular formula is C11H15N3O2. The first-order valence-corrected chi connectivity index (χ1v) is 4.84. The van der Waals surface area contributed by atoms with Crippen molar-refractivity contribution >= 4 is 17.9 Å². The number of nitrogens with one attached hydrogen (secondary N) is 1. The molecular weight excluding hydrogens is 206 g/mol. The minimum atomic E-state index is -0.421. The zero-order valence-corrected chi connectivity index (χ0v) is 9.36. The molecule has 5 nitrogen and oxygen atoms in total. The SMILES string of the molecule is CNCC=Cc1cc(C(=O)OC)cnc1N. The first-order valence-electron chi connectivity index (χ1n) is 4.84. The van der Waals surface area contributed by atoms with Gasteiger partial charge in [-0.05, 0) is 13.1 Å². The van der Waals surface area contributed by atoms with Gasteiger partial charge in [0, 0.05) is 18.3 Å². The van der Waals surface area contributed by atoms with Gasteiger partial charge in [-0.3, -0.25) is 0 Å². The summed E-state index contributed by atoms with van der Waals surface area (Å²) < 4.78 is 4.60. The fraction of sp³-hybridized carbons (Fsp3) is 0.273. The molecule has 0 fully saturated rings. The fourth-order valence-electron chi connectivity index (χ4n) is 1.16. The number of hydrogen-bond acceptors (Lipinski definition) is 5. The maximum atomic E-state index is 11.3. The Morgan fingerprint density at radius 3 is 3.06 bits per heavy atom. The van der Waals surface area contributed by atoms with Crippen LogP contribution < -0.4 is 11.1 Å². The molecule has 0 spiro atoms. The highest BCUT2D eigenvalue weighted by Gasteiger charge is 2.07. The topological polar surface area (TPSA) is 77.2 Å². The summed E-state index contributed by atoms with van der Waals surface area (Å²) >= 11 is 0. The van der Waals surface area contributed by atoms with Crippen molar-refractivity contribution in [3.63, 3.8) is 0 Å². The smallest absolute Gasteiger partial charge is 0.339 e. The molecule has 3 N–H and O–H groups in total. The number of carbonyl (C=O) groups excluding carboxylic acids is 1. The number of esters is 1. The van der Waals surface area contributed by atoms with Gasteiger partial charge in [-0.25, -0.2) is 9.78 Å². The molecule has 1 rings (SSSR count). The molecule has 0 amide bonds. The van der Waals surface area contributed by atoms with Gasteiger partial charge >= 0.3 is 5.97 Å². The molecule has 86 valence electrons. The number of ether oxygens (including phenoxy) is 1. The predicted molar refractivity (Wildman–Crippen MR) is 62.9 cm³/mol. The lowest BCUT2D eigenvalue weighted by atomic mass is 10.1. The Labute approximate surface area is 94.3 Å². The second-order valence-electron chi connectivity index (χ2n) is 3.15. The number of likely N-dealkylation sites (N-methyl/N-ethyl adjacent to an activating group) is 1. The van der Waals surface area contributed by atoms with Crippen LogP contribution in [0.1, 0.15) is 15.9 Å². The number of nitrogens with zero attached hydrogens (tertiary/aromatic N) is 1. The molecule has 0 aliphatic carbocycles. The normalized spacial score (nSPS) is 10.6. The molecule has 1 heterocycles. The number of nitrogen functional groups attached to an aromatic ring is 1. The van der Waals surface area contributed by atoms with Gasteiger partial charge in [0.25, 0.3) is 0 Å². The van der Waals surface area contributed by atoms with Gasteiger partial charge in [-0.1, -0.05) is 12.2 Å². The standard InChI is InChI=1S/C11H15N3O2/c1-13-5-3-4-8-6-9(11(15)16-2)7-14-10(8)12/h3-4,6-7,13H,5H2,1-2H3,(H2,12,14). The first-order chi connectivity index (χ1) is 7.69. The molecule has 5 heteroatoms. The monoisotopic (exact) mass is 221 g/mol. The molecule has 0 aromatic carbocycles. The zero-order valence-electron chi connectivity index (χ0n) is 9.36. The summed E-state index contributed by atoms with van der Waals surface area (Å²) in [5.41, 5.74) is 6.77. The van der Waals surface area contributed by atoms with Crippen LogP contribution in [0.15, 0.2) is 18.3 Å².